The Morgan fingerprint density at radius 3 is 2.69 bits per heavy atom. The van der Waals surface area contributed by atoms with E-state index in [1.807, 2.05) is 0 Å². The molecule has 1 aromatic heterocycles. The molecule has 6 heteroatoms. The standard InChI is InChI=1S/C10H15N3O2.ClH/c11-5-7-3-4-8(14-7)10-12-9(13-15-10)6-1-2-6;/h6-8H,1-5,11H2;1H/t7-,8+;/m1./s1. The number of ether oxygens (including phenoxy) is 1. The summed E-state index contributed by atoms with van der Waals surface area (Å²) < 4.78 is 10.9. The number of rotatable bonds is 3. The summed E-state index contributed by atoms with van der Waals surface area (Å²) in [5.74, 6) is 2.02. The van der Waals surface area contributed by atoms with Crippen molar-refractivity contribution in [1.29, 1.82) is 0 Å². The van der Waals surface area contributed by atoms with Gasteiger partial charge in [-0.3, -0.25) is 0 Å². The second kappa shape index (κ2) is 4.69. The summed E-state index contributed by atoms with van der Waals surface area (Å²) in [6.45, 7) is 0.570. The minimum atomic E-state index is -0.0291. The molecule has 0 bridgehead atoms. The highest BCUT2D eigenvalue weighted by Gasteiger charge is 2.33. The highest BCUT2D eigenvalue weighted by molar-refractivity contribution is 5.85. The normalized spacial score (nSPS) is 29.1. The molecular weight excluding hydrogens is 230 g/mol. The van der Waals surface area contributed by atoms with Gasteiger partial charge in [0.15, 0.2) is 5.82 Å². The first kappa shape index (κ1) is 11.8. The molecular formula is C10H16ClN3O2. The minimum absolute atomic E-state index is 0. The van der Waals surface area contributed by atoms with Crippen molar-refractivity contribution in [3.05, 3.63) is 11.7 Å². The maximum atomic E-state index is 5.69. The number of nitrogens with two attached hydrogens (primary N) is 1. The molecule has 1 aliphatic carbocycles. The van der Waals surface area contributed by atoms with E-state index in [2.05, 4.69) is 10.1 Å². The Balaban J connectivity index is 0.000000963. The van der Waals surface area contributed by atoms with E-state index < -0.39 is 0 Å². The number of halogens is 1. The molecule has 2 aliphatic rings. The van der Waals surface area contributed by atoms with Gasteiger partial charge in [0.05, 0.1) is 6.10 Å². The van der Waals surface area contributed by atoms with E-state index in [-0.39, 0.29) is 24.6 Å². The van der Waals surface area contributed by atoms with Gasteiger partial charge in [0.25, 0.3) is 5.89 Å². The van der Waals surface area contributed by atoms with E-state index in [0.717, 1.165) is 18.7 Å². The molecule has 2 atom stereocenters. The second-order valence-corrected chi connectivity index (χ2v) is 4.32. The minimum Gasteiger partial charge on any atom is -0.364 e. The first-order valence-electron chi connectivity index (χ1n) is 5.56. The summed E-state index contributed by atoms with van der Waals surface area (Å²) in [6, 6.07) is 0. The number of hydrogen-bond donors (Lipinski definition) is 1. The maximum Gasteiger partial charge on any atom is 0.255 e. The number of hydrogen-bond acceptors (Lipinski definition) is 5. The lowest BCUT2D eigenvalue weighted by Gasteiger charge is -2.07. The van der Waals surface area contributed by atoms with Gasteiger partial charge in [-0.15, -0.1) is 12.4 Å². The fourth-order valence-corrected chi connectivity index (χ4v) is 1.95. The molecule has 1 aromatic rings. The molecule has 1 saturated heterocycles. The van der Waals surface area contributed by atoms with Crippen LogP contribution in [0.1, 0.15) is 49.4 Å². The SMILES string of the molecule is Cl.NC[C@H]1CC[C@@H](c2nc(C3CC3)no2)O1. The molecule has 0 aromatic carbocycles. The van der Waals surface area contributed by atoms with Crippen molar-refractivity contribution in [1.82, 2.24) is 10.1 Å². The topological polar surface area (TPSA) is 74.2 Å². The fourth-order valence-electron chi connectivity index (χ4n) is 1.95. The van der Waals surface area contributed by atoms with Crippen LogP contribution in [0.2, 0.25) is 0 Å². The van der Waals surface area contributed by atoms with Crippen molar-refractivity contribution < 1.29 is 9.26 Å². The monoisotopic (exact) mass is 245 g/mol. The Kier molecular flexibility index (Phi) is 3.47. The molecule has 90 valence electrons. The van der Waals surface area contributed by atoms with E-state index in [9.17, 15) is 0 Å². The molecule has 2 N–H and O–H groups in total. The molecule has 2 heterocycles. The summed E-state index contributed by atoms with van der Waals surface area (Å²) >= 11 is 0. The lowest BCUT2D eigenvalue weighted by Crippen LogP contribution is -2.18. The Bertz CT molecular complexity index is 354. The third-order valence-electron chi connectivity index (χ3n) is 3.05. The first-order valence-corrected chi connectivity index (χ1v) is 5.56. The van der Waals surface area contributed by atoms with Gasteiger partial charge in [0.1, 0.15) is 6.10 Å². The highest BCUT2D eigenvalue weighted by Crippen LogP contribution is 2.39. The predicted octanol–water partition coefficient (Wildman–Crippen LogP) is 1.55. The Labute approximate surface area is 100 Å². The first-order chi connectivity index (χ1) is 7.36. The van der Waals surface area contributed by atoms with Gasteiger partial charge >= 0.3 is 0 Å². The van der Waals surface area contributed by atoms with Crippen LogP contribution in [-0.4, -0.2) is 22.8 Å². The highest BCUT2D eigenvalue weighted by atomic mass is 35.5. The van der Waals surface area contributed by atoms with Gasteiger partial charge < -0.3 is 15.0 Å². The van der Waals surface area contributed by atoms with Crippen LogP contribution in [0.5, 0.6) is 0 Å². The smallest absolute Gasteiger partial charge is 0.255 e. The lowest BCUT2D eigenvalue weighted by atomic mass is 10.2. The van der Waals surface area contributed by atoms with Crippen molar-refractivity contribution >= 4 is 12.4 Å². The van der Waals surface area contributed by atoms with Crippen LogP contribution in [0.4, 0.5) is 0 Å². The van der Waals surface area contributed by atoms with Crippen molar-refractivity contribution in [2.24, 2.45) is 5.73 Å². The summed E-state index contributed by atoms with van der Waals surface area (Å²) in [4.78, 5) is 4.38. The average molecular weight is 246 g/mol. The molecule has 5 nitrogen and oxygen atoms in total. The summed E-state index contributed by atoms with van der Waals surface area (Å²) in [5, 5.41) is 3.98. The molecule has 1 aliphatic heterocycles. The zero-order valence-corrected chi connectivity index (χ0v) is 9.78. The maximum absolute atomic E-state index is 5.69. The van der Waals surface area contributed by atoms with Crippen LogP contribution >= 0.6 is 12.4 Å². The summed E-state index contributed by atoms with van der Waals surface area (Å²) in [6.07, 6.45) is 4.44. The Morgan fingerprint density at radius 1 is 1.25 bits per heavy atom. The van der Waals surface area contributed by atoms with Crippen LogP contribution in [0.3, 0.4) is 0 Å². The van der Waals surface area contributed by atoms with Gasteiger partial charge in [-0.1, -0.05) is 5.16 Å². The average Bonchev–Trinajstić information content (AvgIpc) is 2.84. The van der Waals surface area contributed by atoms with E-state index in [4.69, 9.17) is 15.0 Å². The molecule has 2 fully saturated rings. The molecule has 0 spiro atoms. The Hall–Kier alpha value is -0.650. The molecule has 0 radical (unpaired) electrons. The van der Waals surface area contributed by atoms with Gasteiger partial charge in [-0.05, 0) is 25.7 Å². The van der Waals surface area contributed by atoms with Crippen LogP contribution in [0, 0.1) is 0 Å². The fraction of sp³-hybridized carbons (Fsp3) is 0.800. The van der Waals surface area contributed by atoms with Crippen LogP contribution in [0.15, 0.2) is 4.52 Å². The third kappa shape index (κ3) is 2.21. The van der Waals surface area contributed by atoms with Gasteiger partial charge in [-0.25, -0.2) is 0 Å². The predicted molar refractivity (Wildman–Crippen MR) is 59.4 cm³/mol. The van der Waals surface area contributed by atoms with Gasteiger partial charge in [0, 0.05) is 12.5 Å². The van der Waals surface area contributed by atoms with Gasteiger partial charge in [-0.2, -0.15) is 4.98 Å². The Morgan fingerprint density at radius 2 is 2.06 bits per heavy atom. The lowest BCUT2D eigenvalue weighted by molar-refractivity contribution is 0.0307. The van der Waals surface area contributed by atoms with Crippen LogP contribution in [0.25, 0.3) is 0 Å². The molecule has 3 rings (SSSR count). The van der Waals surface area contributed by atoms with Crippen molar-refractivity contribution in [2.45, 2.75) is 43.8 Å². The van der Waals surface area contributed by atoms with E-state index in [1.165, 1.54) is 12.8 Å². The molecule has 16 heavy (non-hydrogen) atoms. The van der Waals surface area contributed by atoms with E-state index >= 15 is 0 Å². The molecule has 0 unspecified atom stereocenters. The zero-order valence-electron chi connectivity index (χ0n) is 8.96. The van der Waals surface area contributed by atoms with Gasteiger partial charge in [0.2, 0.25) is 0 Å². The number of nitrogens with zero attached hydrogens (tertiary/aromatic N) is 2. The van der Waals surface area contributed by atoms with Crippen molar-refractivity contribution in [3.63, 3.8) is 0 Å². The molecule has 0 amide bonds. The van der Waals surface area contributed by atoms with E-state index in [0.29, 0.717) is 18.4 Å². The van der Waals surface area contributed by atoms with E-state index in [1.54, 1.807) is 0 Å². The zero-order chi connectivity index (χ0) is 10.3. The second-order valence-electron chi connectivity index (χ2n) is 4.32. The molecule has 1 saturated carbocycles. The van der Waals surface area contributed by atoms with Crippen molar-refractivity contribution in [2.75, 3.05) is 6.54 Å². The third-order valence-corrected chi connectivity index (χ3v) is 3.05. The summed E-state index contributed by atoms with van der Waals surface area (Å²) in [5.41, 5.74) is 5.55. The van der Waals surface area contributed by atoms with Crippen LogP contribution in [-0.2, 0) is 4.74 Å². The summed E-state index contributed by atoms with van der Waals surface area (Å²) in [7, 11) is 0. The van der Waals surface area contributed by atoms with Crippen LogP contribution < -0.4 is 5.73 Å². The van der Waals surface area contributed by atoms with Crippen molar-refractivity contribution in [3.8, 4) is 0 Å². The largest absolute Gasteiger partial charge is 0.364 e. The number of aromatic nitrogens is 2. The quantitative estimate of drug-likeness (QED) is 0.875.